The summed E-state index contributed by atoms with van der Waals surface area (Å²) in [6.45, 7) is 2.90. The SMILES string of the molecule is CCC(N)Cc1ccc(N(C)Cc2ccccn2)c(Br)c1. The van der Waals surface area contributed by atoms with E-state index in [1.807, 2.05) is 24.4 Å². The van der Waals surface area contributed by atoms with Crippen LogP contribution in [0.25, 0.3) is 0 Å². The van der Waals surface area contributed by atoms with Crippen molar-refractivity contribution in [3.63, 3.8) is 0 Å². The average Bonchev–Trinajstić information content (AvgIpc) is 2.48. The third kappa shape index (κ3) is 4.55. The van der Waals surface area contributed by atoms with Crippen molar-refractivity contribution < 1.29 is 0 Å². The lowest BCUT2D eigenvalue weighted by molar-refractivity contribution is 0.646. The first-order valence-electron chi connectivity index (χ1n) is 7.25. The van der Waals surface area contributed by atoms with Gasteiger partial charge in [0.15, 0.2) is 0 Å². The second kappa shape index (κ2) is 7.57. The van der Waals surface area contributed by atoms with E-state index in [-0.39, 0.29) is 6.04 Å². The van der Waals surface area contributed by atoms with E-state index in [0.717, 1.165) is 35.2 Å². The largest absolute Gasteiger partial charge is 0.368 e. The van der Waals surface area contributed by atoms with Gasteiger partial charge >= 0.3 is 0 Å². The molecule has 1 atom stereocenters. The summed E-state index contributed by atoms with van der Waals surface area (Å²) in [5.41, 5.74) is 9.51. The monoisotopic (exact) mass is 347 g/mol. The molecule has 1 aromatic carbocycles. The maximum Gasteiger partial charge on any atom is 0.0599 e. The highest BCUT2D eigenvalue weighted by Gasteiger charge is 2.09. The predicted molar refractivity (Wildman–Crippen MR) is 92.5 cm³/mol. The zero-order valence-electron chi connectivity index (χ0n) is 12.6. The van der Waals surface area contributed by atoms with E-state index in [1.54, 1.807) is 0 Å². The Morgan fingerprint density at radius 2 is 2.10 bits per heavy atom. The lowest BCUT2D eigenvalue weighted by atomic mass is 10.0. The number of nitrogens with two attached hydrogens (primary N) is 1. The normalized spacial score (nSPS) is 12.2. The van der Waals surface area contributed by atoms with Gasteiger partial charge in [0.2, 0.25) is 0 Å². The van der Waals surface area contributed by atoms with Crippen LogP contribution in [0, 0.1) is 0 Å². The van der Waals surface area contributed by atoms with Gasteiger partial charge in [-0.2, -0.15) is 0 Å². The molecule has 21 heavy (non-hydrogen) atoms. The number of hydrogen-bond acceptors (Lipinski definition) is 3. The summed E-state index contributed by atoms with van der Waals surface area (Å²) in [5.74, 6) is 0. The van der Waals surface area contributed by atoms with E-state index in [1.165, 1.54) is 5.56 Å². The first kappa shape index (κ1) is 16.0. The van der Waals surface area contributed by atoms with Crippen LogP contribution in [0.5, 0.6) is 0 Å². The second-order valence-corrected chi connectivity index (χ2v) is 6.19. The van der Waals surface area contributed by atoms with Crippen LogP contribution in [-0.2, 0) is 13.0 Å². The van der Waals surface area contributed by atoms with Crippen LogP contribution in [0.3, 0.4) is 0 Å². The molecule has 0 saturated heterocycles. The smallest absolute Gasteiger partial charge is 0.0599 e. The van der Waals surface area contributed by atoms with E-state index in [4.69, 9.17) is 5.73 Å². The molecule has 0 aliphatic rings. The van der Waals surface area contributed by atoms with Gasteiger partial charge in [-0.1, -0.05) is 19.1 Å². The highest BCUT2D eigenvalue weighted by molar-refractivity contribution is 9.10. The first-order chi connectivity index (χ1) is 10.1. The highest BCUT2D eigenvalue weighted by atomic mass is 79.9. The Hall–Kier alpha value is -1.39. The van der Waals surface area contributed by atoms with E-state index in [2.05, 4.69) is 58.0 Å². The fourth-order valence-electron chi connectivity index (χ4n) is 2.25. The molecule has 1 aromatic heterocycles. The fraction of sp³-hybridized carbons (Fsp3) is 0.353. The van der Waals surface area contributed by atoms with Gasteiger partial charge in [0, 0.05) is 23.8 Å². The quantitative estimate of drug-likeness (QED) is 0.864. The lowest BCUT2D eigenvalue weighted by Gasteiger charge is -2.21. The van der Waals surface area contributed by atoms with Crippen molar-refractivity contribution >= 4 is 21.6 Å². The molecule has 1 heterocycles. The zero-order valence-corrected chi connectivity index (χ0v) is 14.2. The number of benzene rings is 1. The van der Waals surface area contributed by atoms with Gasteiger partial charge in [0.05, 0.1) is 17.9 Å². The summed E-state index contributed by atoms with van der Waals surface area (Å²) in [4.78, 5) is 6.56. The number of halogens is 1. The third-order valence-corrected chi connectivity index (χ3v) is 4.21. The Balaban J connectivity index is 2.09. The van der Waals surface area contributed by atoms with Gasteiger partial charge in [-0.05, 0) is 58.6 Å². The second-order valence-electron chi connectivity index (χ2n) is 5.34. The molecule has 112 valence electrons. The van der Waals surface area contributed by atoms with Crippen molar-refractivity contribution in [2.75, 3.05) is 11.9 Å². The number of hydrogen-bond donors (Lipinski definition) is 1. The van der Waals surface area contributed by atoms with Crippen LogP contribution in [-0.4, -0.2) is 18.1 Å². The van der Waals surface area contributed by atoms with E-state index in [0.29, 0.717) is 0 Å². The third-order valence-electron chi connectivity index (χ3n) is 3.57. The molecule has 4 heteroatoms. The van der Waals surface area contributed by atoms with Crippen molar-refractivity contribution in [2.45, 2.75) is 32.4 Å². The summed E-state index contributed by atoms with van der Waals surface area (Å²) in [7, 11) is 2.08. The Morgan fingerprint density at radius 3 is 2.71 bits per heavy atom. The maximum atomic E-state index is 6.02. The molecule has 0 bridgehead atoms. The van der Waals surface area contributed by atoms with Gasteiger partial charge in [-0.15, -0.1) is 0 Å². The van der Waals surface area contributed by atoms with Crippen LogP contribution in [0.4, 0.5) is 5.69 Å². The summed E-state index contributed by atoms with van der Waals surface area (Å²) < 4.78 is 1.10. The Kier molecular flexibility index (Phi) is 5.76. The minimum absolute atomic E-state index is 0.231. The number of nitrogens with zero attached hydrogens (tertiary/aromatic N) is 2. The van der Waals surface area contributed by atoms with Gasteiger partial charge < -0.3 is 10.6 Å². The van der Waals surface area contributed by atoms with Crippen LogP contribution in [0.1, 0.15) is 24.6 Å². The number of pyridine rings is 1. The molecule has 2 N–H and O–H groups in total. The molecule has 0 radical (unpaired) electrons. The van der Waals surface area contributed by atoms with Crippen LogP contribution < -0.4 is 10.6 Å². The molecular weight excluding hydrogens is 326 g/mol. The number of aromatic nitrogens is 1. The maximum absolute atomic E-state index is 6.02. The molecule has 3 nitrogen and oxygen atoms in total. The summed E-state index contributed by atoms with van der Waals surface area (Å²) in [5, 5.41) is 0. The molecule has 0 aliphatic heterocycles. The highest BCUT2D eigenvalue weighted by Crippen LogP contribution is 2.28. The molecule has 2 rings (SSSR count). The van der Waals surface area contributed by atoms with Crippen molar-refractivity contribution in [2.24, 2.45) is 5.73 Å². The van der Waals surface area contributed by atoms with Crippen molar-refractivity contribution in [3.8, 4) is 0 Å². The summed E-state index contributed by atoms with van der Waals surface area (Å²) >= 11 is 3.67. The molecule has 0 fully saturated rings. The van der Waals surface area contributed by atoms with Crippen LogP contribution in [0.2, 0.25) is 0 Å². The lowest BCUT2D eigenvalue weighted by Crippen LogP contribution is -2.21. The van der Waals surface area contributed by atoms with Crippen molar-refractivity contribution in [3.05, 3.63) is 58.3 Å². The average molecular weight is 348 g/mol. The number of rotatable bonds is 6. The topological polar surface area (TPSA) is 42.1 Å². The van der Waals surface area contributed by atoms with Crippen molar-refractivity contribution in [1.82, 2.24) is 4.98 Å². The van der Waals surface area contributed by atoms with Gasteiger partial charge in [0.1, 0.15) is 0 Å². The molecule has 1 unspecified atom stereocenters. The molecular formula is C17H22BrN3. The Morgan fingerprint density at radius 1 is 1.29 bits per heavy atom. The molecule has 0 spiro atoms. The minimum atomic E-state index is 0.231. The molecule has 0 saturated carbocycles. The van der Waals surface area contributed by atoms with Crippen LogP contribution >= 0.6 is 15.9 Å². The van der Waals surface area contributed by atoms with E-state index < -0.39 is 0 Å². The van der Waals surface area contributed by atoms with Gasteiger partial charge in [0.25, 0.3) is 0 Å². The summed E-state index contributed by atoms with van der Waals surface area (Å²) in [6, 6.07) is 12.7. The Labute approximate surface area is 135 Å². The minimum Gasteiger partial charge on any atom is -0.368 e. The standard InChI is InChI=1S/C17H22BrN3/c1-3-14(19)10-13-7-8-17(16(18)11-13)21(2)12-15-6-4-5-9-20-15/h4-9,11,14H,3,10,12,19H2,1-2H3. The summed E-state index contributed by atoms with van der Waals surface area (Å²) in [6.07, 6.45) is 3.74. The van der Waals surface area contributed by atoms with Gasteiger partial charge in [-0.25, -0.2) is 0 Å². The number of anilines is 1. The van der Waals surface area contributed by atoms with E-state index >= 15 is 0 Å². The predicted octanol–water partition coefficient (Wildman–Crippen LogP) is 3.76. The van der Waals surface area contributed by atoms with Crippen molar-refractivity contribution in [1.29, 1.82) is 0 Å². The van der Waals surface area contributed by atoms with Crippen LogP contribution in [0.15, 0.2) is 47.1 Å². The Bertz CT molecular complexity index is 572. The molecule has 2 aromatic rings. The first-order valence-corrected chi connectivity index (χ1v) is 8.04. The van der Waals surface area contributed by atoms with Gasteiger partial charge in [-0.3, -0.25) is 4.98 Å². The fourth-order valence-corrected chi connectivity index (χ4v) is 2.98. The zero-order chi connectivity index (χ0) is 15.2. The molecule has 0 amide bonds. The molecule has 0 aliphatic carbocycles. The van der Waals surface area contributed by atoms with E-state index in [9.17, 15) is 0 Å².